The third kappa shape index (κ3) is 3.34. The Kier molecular flexibility index (Phi) is 4.25. The van der Waals surface area contributed by atoms with Crippen LogP contribution in [0.15, 0.2) is 48.7 Å². The summed E-state index contributed by atoms with van der Waals surface area (Å²) in [5, 5.41) is 7.55. The van der Waals surface area contributed by atoms with Gasteiger partial charge in [-0.2, -0.15) is 5.10 Å². The molecule has 144 valence electrons. The molecule has 3 aromatic rings. The Hall–Kier alpha value is -3.26. The van der Waals surface area contributed by atoms with Crippen molar-refractivity contribution in [3.05, 3.63) is 54.4 Å². The fraction of sp³-hybridized carbons (Fsp3) is 0.300. The smallest absolute Gasteiger partial charge is 0.321 e. The van der Waals surface area contributed by atoms with Crippen molar-refractivity contribution in [1.82, 2.24) is 19.4 Å². The number of hydrogen-bond donors (Lipinski definition) is 1. The predicted octanol–water partition coefficient (Wildman–Crippen LogP) is 2.41. The molecule has 0 aliphatic carbocycles. The second-order valence-electron chi connectivity index (χ2n) is 6.97. The quantitative estimate of drug-likeness (QED) is 0.757. The maximum absolute atomic E-state index is 12.6. The number of pyridine rings is 1. The van der Waals surface area contributed by atoms with Gasteiger partial charge in [0.15, 0.2) is 11.5 Å². The monoisotopic (exact) mass is 379 g/mol. The van der Waals surface area contributed by atoms with Gasteiger partial charge in [-0.15, -0.1) is 0 Å². The number of rotatable bonds is 3. The number of nitrogens with zero attached hydrogens (tertiary/aromatic N) is 4. The zero-order chi connectivity index (χ0) is 18.9. The zero-order valence-corrected chi connectivity index (χ0v) is 15.4. The van der Waals surface area contributed by atoms with Gasteiger partial charge in [0.25, 0.3) is 0 Å². The van der Waals surface area contributed by atoms with E-state index in [-0.39, 0.29) is 12.8 Å². The van der Waals surface area contributed by atoms with Crippen molar-refractivity contribution in [2.24, 2.45) is 0 Å². The van der Waals surface area contributed by atoms with Gasteiger partial charge in [0.05, 0.1) is 11.2 Å². The minimum absolute atomic E-state index is 0.0914. The minimum Gasteiger partial charge on any atom is -0.454 e. The van der Waals surface area contributed by atoms with Gasteiger partial charge >= 0.3 is 6.03 Å². The number of benzene rings is 1. The molecule has 1 aromatic carbocycles. The molecule has 2 aliphatic heterocycles. The lowest BCUT2D eigenvalue weighted by atomic mass is 10.2. The topological polar surface area (TPSA) is 71.3 Å². The summed E-state index contributed by atoms with van der Waals surface area (Å²) < 4.78 is 12.5. The van der Waals surface area contributed by atoms with Crippen LogP contribution in [0.2, 0.25) is 0 Å². The van der Waals surface area contributed by atoms with E-state index in [2.05, 4.69) is 27.4 Å². The highest BCUT2D eigenvalue weighted by molar-refractivity contribution is 5.89. The summed E-state index contributed by atoms with van der Waals surface area (Å²) in [5.41, 5.74) is 2.85. The van der Waals surface area contributed by atoms with Crippen LogP contribution in [0.4, 0.5) is 10.5 Å². The van der Waals surface area contributed by atoms with Crippen LogP contribution in [0, 0.1) is 0 Å². The molecule has 2 amide bonds. The van der Waals surface area contributed by atoms with E-state index in [9.17, 15) is 4.79 Å². The Balaban J connectivity index is 1.16. The lowest BCUT2D eigenvalue weighted by Gasteiger charge is -2.34. The Morgan fingerprint density at radius 1 is 1.04 bits per heavy atom. The summed E-state index contributed by atoms with van der Waals surface area (Å²) in [6.45, 7) is 4.03. The van der Waals surface area contributed by atoms with Crippen molar-refractivity contribution < 1.29 is 14.3 Å². The largest absolute Gasteiger partial charge is 0.454 e. The van der Waals surface area contributed by atoms with E-state index in [1.807, 2.05) is 39.9 Å². The first-order valence-electron chi connectivity index (χ1n) is 9.36. The van der Waals surface area contributed by atoms with Gasteiger partial charge in [-0.05, 0) is 30.3 Å². The molecular weight excluding hydrogens is 358 g/mol. The molecule has 8 heteroatoms. The Bertz CT molecular complexity index is 977. The van der Waals surface area contributed by atoms with E-state index in [0.717, 1.165) is 30.8 Å². The van der Waals surface area contributed by atoms with Crippen LogP contribution in [-0.4, -0.2) is 58.4 Å². The number of piperazine rings is 1. The second-order valence-corrected chi connectivity index (χ2v) is 6.97. The molecule has 0 unspecified atom stereocenters. The number of carbonyl (C=O) groups excluding carboxylic acids is 1. The fourth-order valence-corrected chi connectivity index (χ4v) is 3.58. The standard InChI is InChI=1S/C20H21N5O3/c26-20(21-15-4-5-18-19(12-15)28-14-27-18)24-9-7-23(8-10-24)13-16-11-17-3-1-2-6-25(17)22-16/h1-6,11-12H,7-10,13-14H2,(H,21,26). The first-order chi connectivity index (χ1) is 13.7. The van der Waals surface area contributed by atoms with Crippen molar-refractivity contribution in [2.45, 2.75) is 6.54 Å². The normalized spacial score (nSPS) is 16.5. The predicted molar refractivity (Wildman–Crippen MR) is 104 cm³/mol. The molecule has 0 bridgehead atoms. The second kappa shape index (κ2) is 7.05. The number of fused-ring (bicyclic) bond motifs is 2. The number of carbonyl (C=O) groups is 1. The van der Waals surface area contributed by atoms with Crippen molar-refractivity contribution >= 4 is 17.2 Å². The van der Waals surface area contributed by atoms with Crippen molar-refractivity contribution in [3.63, 3.8) is 0 Å². The average Bonchev–Trinajstić information content (AvgIpc) is 3.34. The van der Waals surface area contributed by atoms with Crippen LogP contribution in [-0.2, 0) is 6.54 Å². The summed E-state index contributed by atoms with van der Waals surface area (Å²) in [5.74, 6) is 1.37. The molecule has 1 fully saturated rings. The molecule has 1 saturated heterocycles. The maximum atomic E-state index is 12.6. The highest BCUT2D eigenvalue weighted by Gasteiger charge is 2.22. The minimum atomic E-state index is -0.0914. The molecular formula is C20H21N5O3. The van der Waals surface area contributed by atoms with Crippen LogP contribution < -0.4 is 14.8 Å². The Morgan fingerprint density at radius 2 is 1.89 bits per heavy atom. The van der Waals surface area contributed by atoms with Gasteiger partial charge in [0, 0.05) is 50.7 Å². The molecule has 4 heterocycles. The van der Waals surface area contributed by atoms with Crippen molar-refractivity contribution in [1.29, 1.82) is 0 Å². The number of nitrogens with one attached hydrogen (secondary N) is 1. The number of amides is 2. The third-order valence-corrected chi connectivity index (χ3v) is 5.09. The average molecular weight is 379 g/mol. The molecule has 1 N–H and O–H groups in total. The van der Waals surface area contributed by atoms with E-state index >= 15 is 0 Å². The molecule has 28 heavy (non-hydrogen) atoms. The van der Waals surface area contributed by atoms with E-state index in [4.69, 9.17) is 9.47 Å². The molecule has 2 aromatic heterocycles. The number of ether oxygens (including phenoxy) is 2. The number of anilines is 1. The first-order valence-corrected chi connectivity index (χ1v) is 9.36. The van der Waals surface area contributed by atoms with Crippen LogP contribution in [0.5, 0.6) is 11.5 Å². The summed E-state index contributed by atoms with van der Waals surface area (Å²) in [6, 6.07) is 13.5. The van der Waals surface area contributed by atoms with Gasteiger partial charge in [-0.25, -0.2) is 9.31 Å². The van der Waals surface area contributed by atoms with Gasteiger partial charge in [0.2, 0.25) is 6.79 Å². The lowest BCUT2D eigenvalue weighted by molar-refractivity contribution is 0.142. The van der Waals surface area contributed by atoms with E-state index in [0.29, 0.717) is 30.3 Å². The summed E-state index contributed by atoms with van der Waals surface area (Å²) in [7, 11) is 0. The molecule has 5 rings (SSSR count). The number of hydrogen-bond acceptors (Lipinski definition) is 5. The third-order valence-electron chi connectivity index (χ3n) is 5.09. The van der Waals surface area contributed by atoms with Crippen LogP contribution in [0.25, 0.3) is 5.52 Å². The number of aromatic nitrogens is 2. The molecule has 0 atom stereocenters. The Morgan fingerprint density at radius 3 is 2.75 bits per heavy atom. The van der Waals surface area contributed by atoms with Gasteiger partial charge in [0.1, 0.15) is 0 Å². The molecule has 8 nitrogen and oxygen atoms in total. The van der Waals surface area contributed by atoms with Crippen LogP contribution >= 0.6 is 0 Å². The van der Waals surface area contributed by atoms with Crippen molar-refractivity contribution in [2.75, 3.05) is 38.3 Å². The summed E-state index contributed by atoms with van der Waals surface area (Å²) >= 11 is 0. The van der Waals surface area contributed by atoms with Crippen LogP contribution in [0.1, 0.15) is 5.69 Å². The molecule has 2 aliphatic rings. The highest BCUT2D eigenvalue weighted by Crippen LogP contribution is 2.34. The van der Waals surface area contributed by atoms with E-state index in [1.54, 1.807) is 6.07 Å². The summed E-state index contributed by atoms with van der Waals surface area (Å²) in [4.78, 5) is 16.7. The summed E-state index contributed by atoms with van der Waals surface area (Å²) in [6.07, 6.45) is 1.96. The van der Waals surface area contributed by atoms with E-state index in [1.165, 1.54) is 0 Å². The Labute approximate surface area is 162 Å². The fourth-order valence-electron chi connectivity index (χ4n) is 3.58. The molecule has 0 spiro atoms. The highest BCUT2D eigenvalue weighted by atomic mass is 16.7. The van der Waals surface area contributed by atoms with Gasteiger partial charge in [-0.1, -0.05) is 6.07 Å². The maximum Gasteiger partial charge on any atom is 0.321 e. The van der Waals surface area contributed by atoms with Gasteiger partial charge in [-0.3, -0.25) is 4.90 Å². The SMILES string of the molecule is O=C(Nc1ccc2c(c1)OCO2)N1CCN(Cc2cc3ccccn3n2)CC1. The first kappa shape index (κ1) is 16.9. The zero-order valence-electron chi connectivity index (χ0n) is 15.4. The molecule has 0 radical (unpaired) electrons. The number of urea groups is 1. The molecule has 0 saturated carbocycles. The van der Waals surface area contributed by atoms with Crippen molar-refractivity contribution in [3.8, 4) is 11.5 Å². The van der Waals surface area contributed by atoms with Gasteiger partial charge < -0.3 is 19.7 Å². The lowest BCUT2D eigenvalue weighted by Crippen LogP contribution is -2.49. The van der Waals surface area contributed by atoms with Crippen LogP contribution in [0.3, 0.4) is 0 Å². The van der Waals surface area contributed by atoms with E-state index < -0.39 is 0 Å².